The lowest BCUT2D eigenvalue weighted by molar-refractivity contribution is 0.288. The van der Waals surface area contributed by atoms with Crippen molar-refractivity contribution >= 4 is 22.2 Å². The first kappa shape index (κ1) is 19.5. The van der Waals surface area contributed by atoms with E-state index >= 15 is 0 Å². The Morgan fingerprint density at radius 2 is 1.69 bits per heavy atom. The minimum atomic E-state index is -3.46. The molecule has 0 bridgehead atoms. The van der Waals surface area contributed by atoms with Crippen LogP contribution in [0.5, 0.6) is 0 Å². The summed E-state index contributed by atoms with van der Waals surface area (Å²) in [6, 6.07) is 16.5. The van der Waals surface area contributed by atoms with E-state index < -0.39 is 10.0 Å². The SMILES string of the molecule is CC1CCN(S(=O)(=O)c2ccc(-c3noc(C=Cc4ccccc4)n3)cc2)CC1. The molecule has 150 valence electrons. The summed E-state index contributed by atoms with van der Waals surface area (Å²) in [5, 5.41) is 3.99. The molecular formula is C22H23N3O3S. The van der Waals surface area contributed by atoms with Crippen LogP contribution in [-0.2, 0) is 10.0 Å². The summed E-state index contributed by atoms with van der Waals surface area (Å²) in [7, 11) is -3.46. The number of rotatable bonds is 5. The fourth-order valence-corrected chi connectivity index (χ4v) is 4.77. The molecule has 0 amide bonds. The minimum Gasteiger partial charge on any atom is -0.334 e. The minimum absolute atomic E-state index is 0.295. The molecule has 1 aliphatic heterocycles. The average Bonchev–Trinajstić information content (AvgIpc) is 3.22. The molecular weight excluding hydrogens is 386 g/mol. The van der Waals surface area contributed by atoms with E-state index in [2.05, 4.69) is 17.1 Å². The third-order valence-electron chi connectivity index (χ3n) is 5.15. The fraction of sp³-hybridized carbons (Fsp3) is 0.273. The Bertz CT molecular complexity index is 1080. The first-order valence-electron chi connectivity index (χ1n) is 9.70. The molecule has 0 aliphatic carbocycles. The van der Waals surface area contributed by atoms with Crippen molar-refractivity contribution in [1.82, 2.24) is 14.4 Å². The van der Waals surface area contributed by atoms with Crippen molar-refractivity contribution in [2.24, 2.45) is 5.92 Å². The quantitative estimate of drug-likeness (QED) is 0.627. The standard InChI is InChI=1S/C22H23N3O3S/c1-17-13-15-25(16-14-17)29(26,27)20-10-8-19(9-11-20)22-23-21(28-24-22)12-7-18-5-3-2-4-6-18/h2-12,17H,13-16H2,1H3. The number of piperidine rings is 1. The van der Waals surface area contributed by atoms with Crippen LogP contribution < -0.4 is 0 Å². The highest BCUT2D eigenvalue weighted by molar-refractivity contribution is 7.89. The van der Waals surface area contributed by atoms with Crippen molar-refractivity contribution in [2.45, 2.75) is 24.7 Å². The molecule has 0 saturated carbocycles. The summed E-state index contributed by atoms with van der Waals surface area (Å²) in [4.78, 5) is 4.66. The monoisotopic (exact) mass is 409 g/mol. The van der Waals surface area contributed by atoms with Crippen LogP contribution in [-0.4, -0.2) is 36.0 Å². The van der Waals surface area contributed by atoms with Gasteiger partial charge in [0, 0.05) is 24.7 Å². The number of benzene rings is 2. The van der Waals surface area contributed by atoms with Crippen LogP contribution in [0.15, 0.2) is 64.0 Å². The summed E-state index contributed by atoms with van der Waals surface area (Å²) < 4.78 is 32.5. The smallest absolute Gasteiger partial charge is 0.250 e. The molecule has 2 heterocycles. The molecule has 1 aliphatic rings. The first-order valence-corrected chi connectivity index (χ1v) is 11.1. The van der Waals surface area contributed by atoms with E-state index in [4.69, 9.17) is 4.52 Å². The second kappa shape index (κ2) is 8.31. The summed E-state index contributed by atoms with van der Waals surface area (Å²) in [5.74, 6) is 1.39. The summed E-state index contributed by atoms with van der Waals surface area (Å²) in [5.41, 5.74) is 1.74. The highest BCUT2D eigenvalue weighted by Gasteiger charge is 2.28. The molecule has 0 radical (unpaired) electrons. The molecule has 0 N–H and O–H groups in total. The van der Waals surface area contributed by atoms with Gasteiger partial charge in [-0.25, -0.2) is 8.42 Å². The average molecular weight is 410 g/mol. The molecule has 6 nitrogen and oxygen atoms in total. The summed E-state index contributed by atoms with van der Waals surface area (Å²) in [6.07, 6.45) is 5.45. The van der Waals surface area contributed by atoms with Gasteiger partial charge in [-0.05, 0) is 54.7 Å². The third kappa shape index (κ3) is 4.46. The van der Waals surface area contributed by atoms with E-state index in [0.717, 1.165) is 18.4 Å². The summed E-state index contributed by atoms with van der Waals surface area (Å²) in [6.45, 7) is 3.31. The molecule has 29 heavy (non-hydrogen) atoms. The molecule has 0 unspecified atom stereocenters. The van der Waals surface area contributed by atoms with Crippen molar-refractivity contribution < 1.29 is 12.9 Å². The second-order valence-electron chi connectivity index (χ2n) is 7.31. The third-order valence-corrected chi connectivity index (χ3v) is 7.07. The van der Waals surface area contributed by atoms with Gasteiger partial charge in [0.15, 0.2) is 0 Å². The zero-order valence-electron chi connectivity index (χ0n) is 16.2. The lowest BCUT2D eigenvalue weighted by Gasteiger charge is -2.29. The van der Waals surface area contributed by atoms with Gasteiger partial charge in [-0.15, -0.1) is 0 Å². The van der Waals surface area contributed by atoms with Crippen LogP contribution in [0.3, 0.4) is 0 Å². The maximum Gasteiger partial charge on any atom is 0.250 e. The van der Waals surface area contributed by atoms with E-state index in [1.54, 1.807) is 34.6 Å². The molecule has 7 heteroatoms. The zero-order valence-corrected chi connectivity index (χ0v) is 17.0. The number of aromatic nitrogens is 2. The Morgan fingerprint density at radius 3 is 2.38 bits per heavy atom. The Balaban J connectivity index is 1.48. The van der Waals surface area contributed by atoms with Crippen molar-refractivity contribution in [3.8, 4) is 11.4 Å². The van der Waals surface area contributed by atoms with Gasteiger partial charge >= 0.3 is 0 Å². The fourth-order valence-electron chi connectivity index (χ4n) is 3.30. The van der Waals surface area contributed by atoms with Gasteiger partial charge in [0.2, 0.25) is 15.8 Å². The predicted molar refractivity (Wildman–Crippen MR) is 112 cm³/mol. The lowest BCUT2D eigenvalue weighted by atomic mass is 10.0. The number of nitrogens with zero attached hydrogens (tertiary/aromatic N) is 3. The van der Waals surface area contributed by atoms with Gasteiger partial charge in [0.25, 0.3) is 5.89 Å². The van der Waals surface area contributed by atoms with E-state index in [0.29, 0.717) is 41.2 Å². The Labute approximate surface area is 170 Å². The van der Waals surface area contributed by atoms with E-state index in [1.807, 2.05) is 36.4 Å². The lowest BCUT2D eigenvalue weighted by Crippen LogP contribution is -2.37. The van der Waals surface area contributed by atoms with Gasteiger partial charge in [-0.2, -0.15) is 9.29 Å². The predicted octanol–water partition coefficient (Wildman–Crippen LogP) is 4.33. The zero-order chi connectivity index (χ0) is 20.3. The van der Waals surface area contributed by atoms with Gasteiger partial charge < -0.3 is 4.52 Å². The molecule has 2 aromatic carbocycles. The van der Waals surface area contributed by atoms with Crippen LogP contribution >= 0.6 is 0 Å². The van der Waals surface area contributed by atoms with Crippen molar-refractivity contribution in [2.75, 3.05) is 13.1 Å². The van der Waals surface area contributed by atoms with E-state index in [1.165, 1.54) is 0 Å². The van der Waals surface area contributed by atoms with Gasteiger partial charge in [-0.1, -0.05) is 42.4 Å². The first-order chi connectivity index (χ1) is 14.0. The maximum absolute atomic E-state index is 12.8. The second-order valence-corrected chi connectivity index (χ2v) is 9.25. The normalized spacial score (nSPS) is 16.4. The number of sulfonamides is 1. The number of hydrogen-bond donors (Lipinski definition) is 0. The van der Waals surface area contributed by atoms with Crippen molar-refractivity contribution in [1.29, 1.82) is 0 Å². The van der Waals surface area contributed by atoms with Gasteiger partial charge in [0.1, 0.15) is 0 Å². The topological polar surface area (TPSA) is 76.3 Å². The Kier molecular flexibility index (Phi) is 5.60. The van der Waals surface area contributed by atoms with Crippen LogP contribution in [0.2, 0.25) is 0 Å². The molecule has 1 aromatic heterocycles. The van der Waals surface area contributed by atoms with Crippen molar-refractivity contribution in [3.63, 3.8) is 0 Å². The molecule has 1 fully saturated rings. The molecule has 4 rings (SSSR count). The van der Waals surface area contributed by atoms with Crippen LogP contribution in [0.1, 0.15) is 31.2 Å². The molecule has 3 aromatic rings. The van der Waals surface area contributed by atoms with E-state index in [-0.39, 0.29) is 0 Å². The highest BCUT2D eigenvalue weighted by atomic mass is 32.2. The molecule has 0 atom stereocenters. The highest BCUT2D eigenvalue weighted by Crippen LogP contribution is 2.25. The van der Waals surface area contributed by atoms with Crippen molar-refractivity contribution in [3.05, 3.63) is 66.1 Å². The van der Waals surface area contributed by atoms with Gasteiger partial charge in [0.05, 0.1) is 4.90 Å². The van der Waals surface area contributed by atoms with Crippen LogP contribution in [0, 0.1) is 5.92 Å². The molecule has 1 saturated heterocycles. The number of hydrogen-bond acceptors (Lipinski definition) is 5. The maximum atomic E-state index is 12.8. The molecule has 0 spiro atoms. The van der Waals surface area contributed by atoms with E-state index in [9.17, 15) is 8.42 Å². The largest absolute Gasteiger partial charge is 0.334 e. The Hall–Kier alpha value is -2.77. The van der Waals surface area contributed by atoms with Gasteiger partial charge in [-0.3, -0.25) is 0 Å². The van der Waals surface area contributed by atoms with Crippen LogP contribution in [0.25, 0.3) is 23.5 Å². The Morgan fingerprint density at radius 1 is 1.00 bits per heavy atom. The van der Waals surface area contributed by atoms with Crippen LogP contribution in [0.4, 0.5) is 0 Å². The summed E-state index contributed by atoms with van der Waals surface area (Å²) >= 11 is 0.